The van der Waals surface area contributed by atoms with E-state index in [1.54, 1.807) is 6.92 Å². The Hall–Kier alpha value is -0.900. The topological polar surface area (TPSA) is 93.8 Å². The average molecular weight is 300 g/mol. The molecule has 9 heteroatoms. The zero-order valence-corrected chi connectivity index (χ0v) is 11.0. The van der Waals surface area contributed by atoms with Crippen LogP contribution in [0.25, 0.3) is 0 Å². The number of ether oxygens (including phenoxy) is 2. The Balaban J connectivity index is 2.51. The van der Waals surface area contributed by atoms with Gasteiger partial charge in [-0.15, -0.1) is 0 Å². The van der Waals surface area contributed by atoms with Gasteiger partial charge in [-0.1, -0.05) is 0 Å². The molecule has 4 unspecified atom stereocenters. The molecule has 0 aromatic rings. The largest absolute Gasteiger partial charge is 0.480 e. The molecule has 4 N–H and O–H groups in total. The third-order valence-electron chi connectivity index (χ3n) is 2.74. The molecular weight excluding hydrogens is 281 g/mol. The summed E-state index contributed by atoms with van der Waals surface area (Å²) in [6.45, 7) is 0.499. The number of carbonyl (C=O) groups is 1. The van der Waals surface area contributed by atoms with Gasteiger partial charge in [0.05, 0.1) is 12.7 Å². The zero-order chi connectivity index (χ0) is 15.3. The summed E-state index contributed by atoms with van der Waals surface area (Å²) in [6, 6.07) is -1.44. The maximum absolute atomic E-state index is 12.1. The maximum Gasteiger partial charge on any atom is 0.411 e. The summed E-state index contributed by atoms with van der Waals surface area (Å²) < 4.78 is 46.3. The molecule has 0 aliphatic carbocycles. The molecule has 1 aliphatic heterocycles. The highest BCUT2D eigenvalue weighted by atomic mass is 19.4. The molecule has 0 aromatic carbocycles. The summed E-state index contributed by atoms with van der Waals surface area (Å²) in [5.41, 5.74) is 5.51. The van der Waals surface area contributed by atoms with E-state index in [-0.39, 0.29) is 19.1 Å². The van der Waals surface area contributed by atoms with Crippen LogP contribution in [0.15, 0.2) is 0 Å². The molecule has 20 heavy (non-hydrogen) atoms. The van der Waals surface area contributed by atoms with Crippen LogP contribution in [0.3, 0.4) is 0 Å². The van der Waals surface area contributed by atoms with E-state index in [9.17, 15) is 18.0 Å². The number of carboxylic acid groups (broad SMARTS) is 1. The Morgan fingerprint density at radius 2 is 2.10 bits per heavy atom. The minimum atomic E-state index is -4.48. The average Bonchev–Trinajstić information content (AvgIpc) is 2.33. The lowest BCUT2D eigenvalue weighted by Gasteiger charge is -2.35. The van der Waals surface area contributed by atoms with Gasteiger partial charge in [0.15, 0.2) is 0 Å². The highest BCUT2D eigenvalue weighted by Gasteiger charge is 2.38. The van der Waals surface area contributed by atoms with Crippen LogP contribution < -0.4 is 11.1 Å². The van der Waals surface area contributed by atoms with Crippen LogP contribution in [0.2, 0.25) is 0 Å². The molecule has 0 radical (unpaired) electrons. The number of rotatable bonds is 6. The van der Waals surface area contributed by atoms with Crippen LogP contribution in [0, 0.1) is 0 Å². The Bertz CT molecular complexity index is 325. The SMILES string of the molecule is CC(N)COC1CCC(OCC(F)(F)F)C(C(=O)O)N1. The van der Waals surface area contributed by atoms with E-state index in [0.717, 1.165) is 0 Å². The summed E-state index contributed by atoms with van der Waals surface area (Å²) >= 11 is 0. The van der Waals surface area contributed by atoms with Gasteiger partial charge in [0.25, 0.3) is 0 Å². The van der Waals surface area contributed by atoms with E-state index in [2.05, 4.69) is 10.1 Å². The van der Waals surface area contributed by atoms with Crippen molar-refractivity contribution in [3.8, 4) is 0 Å². The van der Waals surface area contributed by atoms with Crippen LogP contribution in [-0.2, 0) is 14.3 Å². The van der Waals surface area contributed by atoms with Crippen molar-refractivity contribution in [1.29, 1.82) is 0 Å². The summed E-state index contributed by atoms with van der Waals surface area (Å²) in [6.07, 6.45) is -5.54. The Morgan fingerprint density at radius 3 is 2.60 bits per heavy atom. The number of piperidine rings is 1. The molecule has 118 valence electrons. The number of aliphatic carboxylic acids is 1. The molecule has 1 fully saturated rings. The van der Waals surface area contributed by atoms with Gasteiger partial charge in [-0.05, 0) is 19.8 Å². The first-order valence-electron chi connectivity index (χ1n) is 6.23. The number of halogens is 3. The van der Waals surface area contributed by atoms with Crippen molar-refractivity contribution < 1.29 is 32.5 Å². The summed E-state index contributed by atoms with van der Waals surface area (Å²) in [5.74, 6) is -1.27. The standard InChI is InChI=1S/C11H19F3N2O4/c1-6(15)4-19-8-3-2-7(9(16-8)10(17)18)20-5-11(12,13)14/h6-9,16H,2-5,15H2,1H3,(H,17,18). The second kappa shape index (κ2) is 7.21. The van der Waals surface area contributed by atoms with Crippen LogP contribution in [0.1, 0.15) is 19.8 Å². The second-order valence-electron chi connectivity index (χ2n) is 4.82. The Labute approximate surface area is 114 Å². The molecular formula is C11H19F3N2O4. The fraction of sp³-hybridized carbons (Fsp3) is 0.909. The minimum absolute atomic E-state index is 0.170. The molecule has 0 spiro atoms. The molecule has 1 aliphatic rings. The van der Waals surface area contributed by atoms with Crippen molar-refractivity contribution in [3.05, 3.63) is 0 Å². The van der Waals surface area contributed by atoms with Gasteiger partial charge < -0.3 is 20.3 Å². The lowest BCUT2D eigenvalue weighted by Crippen LogP contribution is -2.56. The summed E-state index contributed by atoms with van der Waals surface area (Å²) in [7, 11) is 0. The molecule has 4 atom stereocenters. The number of hydrogen-bond donors (Lipinski definition) is 3. The third-order valence-corrected chi connectivity index (χ3v) is 2.74. The van der Waals surface area contributed by atoms with Gasteiger partial charge in [0, 0.05) is 6.04 Å². The van der Waals surface area contributed by atoms with E-state index in [1.165, 1.54) is 0 Å². The van der Waals surface area contributed by atoms with Crippen molar-refractivity contribution >= 4 is 5.97 Å². The fourth-order valence-electron chi connectivity index (χ4n) is 1.88. The zero-order valence-electron chi connectivity index (χ0n) is 11.0. The monoisotopic (exact) mass is 300 g/mol. The molecule has 1 rings (SSSR count). The van der Waals surface area contributed by atoms with Gasteiger partial charge in [0.2, 0.25) is 0 Å². The van der Waals surface area contributed by atoms with E-state index in [4.69, 9.17) is 15.6 Å². The molecule has 0 saturated carbocycles. The molecule has 0 amide bonds. The smallest absolute Gasteiger partial charge is 0.411 e. The van der Waals surface area contributed by atoms with Gasteiger partial charge in [-0.2, -0.15) is 13.2 Å². The second-order valence-corrected chi connectivity index (χ2v) is 4.82. The van der Waals surface area contributed by atoms with E-state index >= 15 is 0 Å². The molecule has 1 saturated heterocycles. The lowest BCUT2D eigenvalue weighted by atomic mass is 10.00. The first-order valence-corrected chi connectivity index (χ1v) is 6.23. The number of nitrogens with two attached hydrogens (primary N) is 1. The number of alkyl halides is 3. The van der Waals surface area contributed by atoms with Gasteiger partial charge >= 0.3 is 12.1 Å². The van der Waals surface area contributed by atoms with Crippen LogP contribution in [-0.4, -0.2) is 54.9 Å². The van der Waals surface area contributed by atoms with Gasteiger partial charge in [-0.3, -0.25) is 10.1 Å². The summed E-state index contributed by atoms with van der Waals surface area (Å²) in [5, 5.41) is 11.7. The van der Waals surface area contributed by atoms with E-state index in [1.807, 2.05) is 0 Å². The fourth-order valence-corrected chi connectivity index (χ4v) is 1.88. The van der Waals surface area contributed by atoms with Crippen LogP contribution in [0.4, 0.5) is 13.2 Å². The number of carboxylic acids is 1. The van der Waals surface area contributed by atoms with Crippen LogP contribution in [0.5, 0.6) is 0 Å². The Kier molecular flexibility index (Phi) is 6.18. The van der Waals surface area contributed by atoms with Gasteiger partial charge in [-0.25, -0.2) is 0 Å². The van der Waals surface area contributed by atoms with Crippen LogP contribution >= 0.6 is 0 Å². The first-order chi connectivity index (χ1) is 9.19. The summed E-state index contributed by atoms with van der Waals surface area (Å²) in [4.78, 5) is 11.1. The number of hydrogen-bond acceptors (Lipinski definition) is 5. The highest BCUT2D eigenvalue weighted by Crippen LogP contribution is 2.22. The highest BCUT2D eigenvalue weighted by molar-refractivity contribution is 5.74. The van der Waals surface area contributed by atoms with Crippen molar-refractivity contribution in [1.82, 2.24) is 5.32 Å². The van der Waals surface area contributed by atoms with E-state index in [0.29, 0.717) is 6.42 Å². The number of nitrogens with one attached hydrogen (secondary N) is 1. The van der Waals surface area contributed by atoms with Crippen molar-refractivity contribution in [2.75, 3.05) is 13.2 Å². The molecule has 0 bridgehead atoms. The predicted octanol–water partition coefficient (Wildman–Crippen LogP) is 0.460. The predicted molar refractivity (Wildman–Crippen MR) is 63.0 cm³/mol. The minimum Gasteiger partial charge on any atom is -0.480 e. The normalized spacial score (nSPS) is 29.1. The first kappa shape index (κ1) is 17.2. The molecule has 0 aromatic heterocycles. The molecule has 6 nitrogen and oxygen atoms in total. The Morgan fingerprint density at radius 1 is 1.45 bits per heavy atom. The van der Waals surface area contributed by atoms with Crippen molar-refractivity contribution in [2.24, 2.45) is 5.73 Å². The third kappa shape index (κ3) is 6.04. The molecule has 1 heterocycles. The quantitative estimate of drug-likeness (QED) is 0.660. The van der Waals surface area contributed by atoms with Crippen molar-refractivity contribution in [3.63, 3.8) is 0 Å². The van der Waals surface area contributed by atoms with Crippen molar-refractivity contribution in [2.45, 2.75) is 50.4 Å². The van der Waals surface area contributed by atoms with E-state index < -0.39 is 37.1 Å². The van der Waals surface area contributed by atoms with Gasteiger partial charge in [0.1, 0.15) is 18.9 Å². The lowest BCUT2D eigenvalue weighted by molar-refractivity contribution is -0.197. The maximum atomic E-state index is 12.1.